The normalized spacial score (nSPS) is 16.2. The molecular formula is C30H39FN2O3. The van der Waals surface area contributed by atoms with Gasteiger partial charge < -0.3 is 14.4 Å². The number of ether oxygens (including phenoxy) is 2. The molecule has 1 fully saturated rings. The summed E-state index contributed by atoms with van der Waals surface area (Å²) in [5.74, 6) is 1.08. The number of carbonyl (C=O) groups excluding carboxylic acids is 1. The number of Topliss-reactive ketones (excluding diaryl/α,β-unsaturated/α-hetero) is 1. The van der Waals surface area contributed by atoms with Crippen LogP contribution in [0.2, 0.25) is 0 Å². The molecule has 0 aromatic heterocycles. The molecule has 0 aliphatic carbocycles. The first-order chi connectivity index (χ1) is 17.5. The highest BCUT2D eigenvalue weighted by Crippen LogP contribution is 2.43. The van der Waals surface area contributed by atoms with Gasteiger partial charge in [0.05, 0.1) is 25.7 Å². The van der Waals surface area contributed by atoms with Crippen LogP contribution in [0, 0.1) is 23.1 Å². The molecule has 1 heterocycles. The molecule has 194 valence electrons. The van der Waals surface area contributed by atoms with Gasteiger partial charge in [0.15, 0.2) is 17.3 Å². The Kier molecular flexibility index (Phi) is 10.3. The average Bonchev–Trinajstić information content (AvgIpc) is 2.92. The zero-order valence-corrected chi connectivity index (χ0v) is 21.9. The van der Waals surface area contributed by atoms with Crippen LogP contribution in [0.25, 0.3) is 0 Å². The third-order valence-electron chi connectivity index (χ3n) is 7.50. The number of halogens is 1. The molecule has 2 aromatic rings. The number of ketones is 1. The van der Waals surface area contributed by atoms with Crippen molar-refractivity contribution in [1.29, 1.82) is 5.26 Å². The maximum absolute atomic E-state index is 13.2. The van der Waals surface area contributed by atoms with Crippen LogP contribution in [0.4, 0.5) is 4.39 Å². The van der Waals surface area contributed by atoms with E-state index in [0.717, 1.165) is 76.6 Å². The fourth-order valence-corrected chi connectivity index (χ4v) is 5.38. The predicted octanol–water partition coefficient (Wildman–Crippen LogP) is 6.56. The van der Waals surface area contributed by atoms with Gasteiger partial charge in [0.2, 0.25) is 0 Å². The fourth-order valence-electron chi connectivity index (χ4n) is 5.38. The van der Waals surface area contributed by atoms with Gasteiger partial charge in [-0.25, -0.2) is 4.39 Å². The molecule has 1 aliphatic heterocycles. The summed E-state index contributed by atoms with van der Waals surface area (Å²) in [7, 11) is 3.25. The van der Waals surface area contributed by atoms with Crippen LogP contribution in [0.15, 0.2) is 42.5 Å². The van der Waals surface area contributed by atoms with Crippen molar-refractivity contribution >= 4 is 5.78 Å². The second-order valence-corrected chi connectivity index (χ2v) is 9.78. The van der Waals surface area contributed by atoms with Crippen molar-refractivity contribution < 1.29 is 18.7 Å². The highest BCUT2D eigenvalue weighted by molar-refractivity contribution is 5.97. The van der Waals surface area contributed by atoms with Crippen LogP contribution in [-0.4, -0.2) is 44.5 Å². The first-order valence-corrected chi connectivity index (χ1v) is 13.1. The van der Waals surface area contributed by atoms with Gasteiger partial charge in [0.25, 0.3) is 0 Å². The maximum atomic E-state index is 13.2. The number of rotatable bonds is 13. The van der Waals surface area contributed by atoms with E-state index in [1.165, 1.54) is 12.1 Å². The molecule has 3 rings (SSSR count). The fraction of sp³-hybridized carbons (Fsp3) is 0.533. The summed E-state index contributed by atoms with van der Waals surface area (Å²) in [5, 5.41) is 10.5. The molecule has 0 bridgehead atoms. The Balaban J connectivity index is 1.63. The first kappa shape index (κ1) is 27.7. The predicted molar refractivity (Wildman–Crippen MR) is 140 cm³/mol. The SMILES string of the molecule is CCCCCC(C#N)(CCCN1CCC(C(=O)c2ccc(F)cc2)CC1)c1cccc(OC)c1OC. The van der Waals surface area contributed by atoms with E-state index < -0.39 is 5.41 Å². The van der Waals surface area contributed by atoms with Crippen LogP contribution >= 0.6 is 0 Å². The lowest BCUT2D eigenvalue weighted by molar-refractivity contribution is 0.0838. The van der Waals surface area contributed by atoms with Crippen LogP contribution in [-0.2, 0) is 5.41 Å². The Morgan fingerprint density at radius 1 is 1.06 bits per heavy atom. The van der Waals surface area contributed by atoms with Gasteiger partial charge in [-0.2, -0.15) is 5.26 Å². The number of nitriles is 1. The van der Waals surface area contributed by atoms with Gasteiger partial charge in [-0.15, -0.1) is 0 Å². The van der Waals surface area contributed by atoms with E-state index in [-0.39, 0.29) is 17.5 Å². The van der Waals surface area contributed by atoms with Crippen molar-refractivity contribution in [3.05, 3.63) is 59.4 Å². The van der Waals surface area contributed by atoms with Crippen molar-refractivity contribution in [3.8, 4) is 17.6 Å². The topological polar surface area (TPSA) is 62.6 Å². The van der Waals surface area contributed by atoms with E-state index in [4.69, 9.17) is 9.47 Å². The molecule has 1 saturated heterocycles. The smallest absolute Gasteiger partial charge is 0.166 e. The summed E-state index contributed by atoms with van der Waals surface area (Å²) in [6, 6.07) is 14.3. The lowest BCUT2D eigenvalue weighted by atomic mass is 9.73. The molecule has 6 heteroatoms. The minimum Gasteiger partial charge on any atom is -0.493 e. The van der Waals surface area contributed by atoms with Crippen LogP contribution in [0.3, 0.4) is 0 Å². The molecule has 0 spiro atoms. The highest BCUT2D eigenvalue weighted by Gasteiger charge is 2.36. The Labute approximate surface area is 215 Å². The van der Waals surface area contributed by atoms with E-state index >= 15 is 0 Å². The number of nitrogens with zero attached hydrogens (tertiary/aromatic N) is 2. The second kappa shape index (κ2) is 13.4. The van der Waals surface area contributed by atoms with Crippen LogP contribution < -0.4 is 9.47 Å². The van der Waals surface area contributed by atoms with Gasteiger partial charge in [-0.1, -0.05) is 38.3 Å². The molecule has 0 N–H and O–H groups in total. The summed E-state index contributed by atoms with van der Waals surface area (Å²) >= 11 is 0. The third-order valence-corrected chi connectivity index (χ3v) is 7.50. The quantitative estimate of drug-likeness (QED) is 0.233. The van der Waals surface area contributed by atoms with Crippen molar-refractivity contribution in [2.75, 3.05) is 33.9 Å². The standard InChI is InChI=1S/C30H39FN2O3/c1-4-5-6-17-30(22-32,26-9-7-10-27(35-2)29(26)36-3)18-8-19-33-20-15-24(16-21-33)28(34)23-11-13-25(31)14-12-23/h7,9-14,24H,4-6,8,15-21H2,1-3H3. The number of hydrogen-bond donors (Lipinski definition) is 0. The van der Waals surface area contributed by atoms with E-state index in [0.29, 0.717) is 17.1 Å². The Morgan fingerprint density at radius 3 is 2.36 bits per heavy atom. The number of carbonyl (C=O) groups is 1. The van der Waals surface area contributed by atoms with Crippen LogP contribution in [0.1, 0.15) is 74.2 Å². The summed E-state index contributed by atoms with van der Waals surface area (Å²) < 4.78 is 24.4. The maximum Gasteiger partial charge on any atom is 0.166 e. The first-order valence-electron chi connectivity index (χ1n) is 13.1. The Bertz CT molecular complexity index is 1030. The molecule has 1 aliphatic rings. The molecule has 2 aromatic carbocycles. The minimum absolute atomic E-state index is 0.0139. The Hall–Kier alpha value is -2.91. The van der Waals surface area contributed by atoms with E-state index in [1.54, 1.807) is 26.4 Å². The molecule has 5 nitrogen and oxygen atoms in total. The van der Waals surface area contributed by atoms with Gasteiger partial charge >= 0.3 is 0 Å². The van der Waals surface area contributed by atoms with Gasteiger partial charge in [-0.05, 0) is 82.1 Å². The lowest BCUT2D eigenvalue weighted by Crippen LogP contribution is -2.37. The number of unbranched alkanes of at least 4 members (excludes halogenated alkanes) is 2. The van der Waals surface area contributed by atoms with Crippen molar-refractivity contribution in [2.24, 2.45) is 5.92 Å². The van der Waals surface area contributed by atoms with Crippen molar-refractivity contribution in [2.45, 2.75) is 63.7 Å². The molecule has 0 radical (unpaired) electrons. The summed E-state index contributed by atoms with van der Waals surface area (Å²) in [4.78, 5) is 15.2. The number of benzene rings is 2. The van der Waals surface area contributed by atoms with Gasteiger partial charge in [-0.3, -0.25) is 4.79 Å². The van der Waals surface area contributed by atoms with E-state index in [9.17, 15) is 14.4 Å². The molecule has 0 saturated carbocycles. The minimum atomic E-state index is -0.633. The molecule has 1 unspecified atom stereocenters. The zero-order valence-electron chi connectivity index (χ0n) is 21.9. The second-order valence-electron chi connectivity index (χ2n) is 9.78. The van der Waals surface area contributed by atoms with Crippen molar-refractivity contribution in [3.63, 3.8) is 0 Å². The number of para-hydroxylation sites is 1. The summed E-state index contributed by atoms with van der Waals surface area (Å²) in [5.41, 5.74) is 0.867. The summed E-state index contributed by atoms with van der Waals surface area (Å²) in [6.45, 7) is 4.77. The number of likely N-dealkylation sites (tertiary alicyclic amines) is 1. The van der Waals surface area contributed by atoms with Gasteiger partial charge in [0, 0.05) is 17.0 Å². The average molecular weight is 495 g/mol. The van der Waals surface area contributed by atoms with E-state index in [2.05, 4.69) is 17.9 Å². The van der Waals surface area contributed by atoms with E-state index in [1.807, 2.05) is 18.2 Å². The van der Waals surface area contributed by atoms with Crippen molar-refractivity contribution in [1.82, 2.24) is 4.90 Å². The number of methoxy groups -OCH3 is 2. The van der Waals surface area contributed by atoms with Gasteiger partial charge in [0.1, 0.15) is 5.82 Å². The van der Waals surface area contributed by atoms with Crippen LogP contribution in [0.5, 0.6) is 11.5 Å². The molecule has 1 atom stereocenters. The highest BCUT2D eigenvalue weighted by atomic mass is 19.1. The molecule has 36 heavy (non-hydrogen) atoms. The molecule has 0 amide bonds. The summed E-state index contributed by atoms with van der Waals surface area (Å²) in [6.07, 6.45) is 7.20. The monoisotopic (exact) mass is 494 g/mol. The largest absolute Gasteiger partial charge is 0.493 e. The lowest BCUT2D eigenvalue weighted by Gasteiger charge is -2.33. The number of piperidine rings is 1. The molecular weight excluding hydrogens is 455 g/mol. The third kappa shape index (κ3) is 6.64. The number of hydrogen-bond acceptors (Lipinski definition) is 5. The zero-order chi connectivity index (χ0) is 26.0. The Morgan fingerprint density at radius 2 is 1.75 bits per heavy atom.